The number of primary sulfonamides is 1. The summed E-state index contributed by atoms with van der Waals surface area (Å²) in [4.78, 5) is 3.71. The highest BCUT2D eigenvalue weighted by Gasteiger charge is 2.16. The lowest BCUT2D eigenvalue weighted by Gasteiger charge is -2.10. The molecule has 0 aliphatic rings. The zero-order valence-electron chi connectivity index (χ0n) is 10.9. The average Bonchev–Trinajstić information content (AvgIpc) is 2.90. The van der Waals surface area contributed by atoms with E-state index in [1.54, 1.807) is 12.5 Å². The van der Waals surface area contributed by atoms with Gasteiger partial charge < -0.3 is 9.30 Å². The molecule has 0 fully saturated rings. The molecule has 114 valence electrons. The van der Waals surface area contributed by atoms with Crippen molar-refractivity contribution in [2.24, 2.45) is 5.14 Å². The Morgan fingerprint density at radius 3 is 2.67 bits per heavy atom. The predicted molar refractivity (Wildman–Crippen MR) is 80.2 cm³/mol. The molecule has 21 heavy (non-hydrogen) atoms. The number of halogens is 2. The summed E-state index contributed by atoms with van der Waals surface area (Å²) in [5.74, 6) is 0.319. The van der Waals surface area contributed by atoms with Gasteiger partial charge in [0.05, 0.1) is 23.0 Å². The minimum atomic E-state index is -3.91. The van der Waals surface area contributed by atoms with Gasteiger partial charge in [0.2, 0.25) is 10.0 Å². The zero-order chi connectivity index (χ0) is 15.5. The molecule has 0 atom stereocenters. The van der Waals surface area contributed by atoms with Gasteiger partial charge in [-0.3, -0.25) is 0 Å². The Kier molecular flexibility index (Phi) is 5.10. The van der Waals surface area contributed by atoms with Gasteiger partial charge in [-0.1, -0.05) is 23.2 Å². The van der Waals surface area contributed by atoms with Gasteiger partial charge in [0.1, 0.15) is 10.6 Å². The van der Waals surface area contributed by atoms with Crippen LogP contribution in [0.4, 0.5) is 0 Å². The number of nitrogens with zero attached hydrogens (tertiary/aromatic N) is 2. The van der Waals surface area contributed by atoms with E-state index in [0.29, 0.717) is 12.4 Å². The van der Waals surface area contributed by atoms with Crippen molar-refractivity contribution in [2.45, 2.75) is 17.9 Å². The van der Waals surface area contributed by atoms with E-state index < -0.39 is 10.0 Å². The fourth-order valence-corrected chi connectivity index (χ4v) is 3.06. The van der Waals surface area contributed by atoms with E-state index in [2.05, 4.69) is 4.98 Å². The molecule has 1 heterocycles. The number of imidazole rings is 1. The second-order valence-corrected chi connectivity index (χ2v) is 6.60. The standard InChI is InChI=1S/C12H13Cl2N3O3S/c13-9-7-12(21(15,18)19)10(14)6-11(9)20-5-1-3-17-4-2-16-8-17/h2,4,6-8H,1,3,5H2,(H2,15,18,19). The molecule has 0 aliphatic carbocycles. The summed E-state index contributed by atoms with van der Waals surface area (Å²) in [7, 11) is -3.91. The van der Waals surface area contributed by atoms with Crippen molar-refractivity contribution >= 4 is 33.2 Å². The quantitative estimate of drug-likeness (QED) is 0.810. The number of rotatable bonds is 6. The van der Waals surface area contributed by atoms with Crippen LogP contribution in [0.25, 0.3) is 0 Å². The third kappa shape index (κ3) is 4.34. The van der Waals surface area contributed by atoms with Crippen molar-refractivity contribution in [1.29, 1.82) is 0 Å². The van der Waals surface area contributed by atoms with Gasteiger partial charge in [-0.25, -0.2) is 18.5 Å². The lowest BCUT2D eigenvalue weighted by atomic mass is 10.3. The Hall–Kier alpha value is -1.28. The Morgan fingerprint density at radius 1 is 1.29 bits per heavy atom. The normalized spacial score (nSPS) is 11.6. The smallest absolute Gasteiger partial charge is 0.239 e. The number of hydrogen-bond acceptors (Lipinski definition) is 4. The van der Waals surface area contributed by atoms with Crippen molar-refractivity contribution in [2.75, 3.05) is 6.61 Å². The van der Waals surface area contributed by atoms with Gasteiger partial charge in [0.25, 0.3) is 0 Å². The molecule has 9 heteroatoms. The molecule has 1 aromatic carbocycles. The minimum absolute atomic E-state index is 0.0218. The molecule has 0 saturated heterocycles. The highest BCUT2D eigenvalue weighted by molar-refractivity contribution is 7.89. The first-order valence-corrected chi connectivity index (χ1v) is 8.28. The van der Waals surface area contributed by atoms with Gasteiger partial charge in [-0.2, -0.15) is 0 Å². The maximum atomic E-state index is 11.3. The third-order valence-corrected chi connectivity index (χ3v) is 4.34. The third-order valence-electron chi connectivity index (χ3n) is 2.67. The summed E-state index contributed by atoms with van der Waals surface area (Å²) in [6.45, 7) is 1.16. The highest BCUT2D eigenvalue weighted by Crippen LogP contribution is 2.33. The largest absolute Gasteiger partial charge is 0.492 e. The summed E-state index contributed by atoms with van der Waals surface area (Å²) in [5.41, 5.74) is 0. The fraction of sp³-hybridized carbons (Fsp3) is 0.250. The monoisotopic (exact) mass is 349 g/mol. The maximum Gasteiger partial charge on any atom is 0.239 e. The van der Waals surface area contributed by atoms with Crippen molar-refractivity contribution in [3.05, 3.63) is 40.9 Å². The minimum Gasteiger partial charge on any atom is -0.492 e. The van der Waals surface area contributed by atoms with Gasteiger partial charge in [-0.15, -0.1) is 0 Å². The molecular weight excluding hydrogens is 337 g/mol. The van der Waals surface area contributed by atoms with Crippen LogP contribution in [0, 0.1) is 0 Å². The number of sulfonamides is 1. The fourth-order valence-electron chi connectivity index (χ4n) is 1.69. The Bertz CT molecular complexity index is 718. The molecule has 6 nitrogen and oxygen atoms in total. The van der Waals surface area contributed by atoms with E-state index in [4.69, 9.17) is 33.1 Å². The first kappa shape index (κ1) is 16.1. The SMILES string of the molecule is NS(=O)(=O)c1cc(Cl)c(OCCCn2ccnc2)cc1Cl. The molecule has 1 aromatic heterocycles. The van der Waals surface area contributed by atoms with E-state index in [1.165, 1.54) is 12.1 Å². The molecule has 2 aromatic rings. The van der Waals surface area contributed by atoms with Crippen LogP contribution >= 0.6 is 23.2 Å². The number of benzene rings is 1. The number of nitrogens with two attached hydrogens (primary N) is 1. The zero-order valence-corrected chi connectivity index (χ0v) is 13.2. The Balaban J connectivity index is 1.99. The van der Waals surface area contributed by atoms with Crippen LogP contribution in [0.1, 0.15) is 6.42 Å². The van der Waals surface area contributed by atoms with Crippen LogP contribution in [-0.4, -0.2) is 24.6 Å². The topological polar surface area (TPSA) is 87.2 Å². The summed E-state index contributed by atoms with van der Waals surface area (Å²) in [6, 6.07) is 2.53. The molecular formula is C12H13Cl2N3O3S. The molecule has 0 aliphatic heterocycles. The van der Waals surface area contributed by atoms with E-state index in [-0.39, 0.29) is 14.9 Å². The first-order valence-electron chi connectivity index (χ1n) is 5.98. The first-order chi connectivity index (χ1) is 9.88. The molecule has 0 saturated carbocycles. The van der Waals surface area contributed by atoms with Crippen LogP contribution in [0.15, 0.2) is 35.7 Å². The van der Waals surface area contributed by atoms with Gasteiger partial charge >= 0.3 is 0 Å². The van der Waals surface area contributed by atoms with E-state index in [9.17, 15) is 8.42 Å². The molecule has 0 unspecified atom stereocenters. The lowest BCUT2D eigenvalue weighted by molar-refractivity contribution is 0.302. The van der Waals surface area contributed by atoms with Crippen LogP contribution < -0.4 is 9.88 Å². The van der Waals surface area contributed by atoms with E-state index in [1.807, 2.05) is 10.8 Å². The highest BCUT2D eigenvalue weighted by atomic mass is 35.5. The second kappa shape index (κ2) is 6.65. The van der Waals surface area contributed by atoms with Crippen molar-refractivity contribution < 1.29 is 13.2 Å². The molecule has 0 radical (unpaired) electrons. The van der Waals surface area contributed by atoms with Gasteiger partial charge in [0, 0.05) is 25.0 Å². The summed E-state index contributed by atoms with van der Waals surface area (Å²) < 4.78 is 30.0. The molecule has 2 N–H and O–H groups in total. The predicted octanol–water partition coefficient (Wildman–Crippen LogP) is 2.31. The Morgan fingerprint density at radius 2 is 2.05 bits per heavy atom. The summed E-state index contributed by atoms with van der Waals surface area (Å²) in [6.07, 6.45) is 6.00. The molecule has 0 amide bonds. The molecule has 2 rings (SSSR count). The average molecular weight is 350 g/mol. The van der Waals surface area contributed by atoms with Gasteiger partial charge in [-0.05, 0) is 12.5 Å². The second-order valence-electron chi connectivity index (χ2n) is 4.26. The number of ether oxygens (including phenoxy) is 1. The number of hydrogen-bond donors (Lipinski definition) is 1. The van der Waals surface area contributed by atoms with Crippen molar-refractivity contribution in [3.63, 3.8) is 0 Å². The van der Waals surface area contributed by atoms with Crippen LogP contribution in [-0.2, 0) is 16.6 Å². The summed E-state index contributed by atoms with van der Waals surface area (Å²) in [5, 5.41) is 5.15. The van der Waals surface area contributed by atoms with Crippen LogP contribution in [0.2, 0.25) is 10.0 Å². The number of aryl methyl sites for hydroxylation is 1. The Labute approximate surface area is 132 Å². The lowest BCUT2D eigenvalue weighted by Crippen LogP contribution is -2.13. The van der Waals surface area contributed by atoms with Gasteiger partial charge in [0.15, 0.2) is 0 Å². The van der Waals surface area contributed by atoms with Crippen LogP contribution in [0.5, 0.6) is 5.75 Å². The van der Waals surface area contributed by atoms with E-state index >= 15 is 0 Å². The summed E-state index contributed by atoms with van der Waals surface area (Å²) >= 11 is 11.8. The van der Waals surface area contributed by atoms with Crippen molar-refractivity contribution in [3.8, 4) is 5.75 Å². The molecule has 0 bridgehead atoms. The number of aromatic nitrogens is 2. The van der Waals surface area contributed by atoms with Crippen molar-refractivity contribution in [1.82, 2.24) is 9.55 Å². The molecule has 0 spiro atoms. The van der Waals surface area contributed by atoms with Crippen LogP contribution in [0.3, 0.4) is 0 Å². The maximum absolute atomic E-state index is 11.3. The van der Waals surface area contributed by atoms with E-state index in [0.717, 1.165) is 13.0 Å².